The summed E-state index contributed by atoms with van der Waals surface area (Å²) in [6, 6.07) is 0. The fourth-order valence-corrected chi connectivity index (χ4v) is 6.04. The van der Waals surface area contributed by atoms with Crippen LogP contribution >= 0.6 is 15.9 Å². The van der Waals surface area contributed by atoms with E-state index in [4.69, 9.17) is 0 Å². The van der Waals surface area contributed by atoms with Crippen LogP contribution in [0.15, 0.2) is 0 Å². The zero-order chi connectivity index (χ0) is 11.4. The summed E-state index contributed by atoms with van der Waals surface area (Å²) in [6.45, 7) is 0. The molecule has 2 atom stereocenters. The smallest absolute Gasteiger partial charge is 0.309 e. The van der Waals surface area contributed by atoms with E-state index in [2.05, 4.69) is 15.9 Å². The third-order valence-corrected chi connectivity index (χ3v) is 5.66. The minimum Gasteiger partial charge on any atom is -0.481 e. The molecule has 4 rings (SSSR count). The quantitative estimate of drug-likeness (QED) is 0.807. The molecule has 0 aromatic carbocycles. The molecule has 4 bridgehead atoms. The average Bonchev–Trinajstić information content (AvgIpc) is 2.14. The van der Waals surface area contributed by atoms with Gasteiger partial charge in [0.1, 0.15) is 0 Å². The average molecular weight is 287 g/mol. The summed E-state index contributed by atoms with van der Waals surface area (Å²) < 4.78 is 0. The van der Waals surface area contributed by atoms with Gasteiger partial charge >= 0.3 is 5.97 Å². The molecule has 0 radical (unpaired) electrons. The van der Waals surface area contributed by atoms with Gasteiger partial charge in [0.05, 0.1) is 5.41 Å². The highest BCUT2D eigenvalue weighted by atomic mass is 79.9. The van der Waals surface area contributed by atoms with Crippen LogP contribution in [0.1, 0.15) is 44.9 Å². The van der Waals surface area contributed by atoms with Gasteiger partial charge in [-0.05, 0) is 62.2 Å². The highest BCUT2D eigenvalue weighted by Crippen LogP contribution is 2.66. The molecular formula is C13H19BrO2. The van der Waals surface area contributed by atoms with Crippen molar-refractivity contribution < 1.29 is 9.90 Å². The Morgan fingerprint density at radius 2 is 1.88 bits per heavy atom. The van der Waals surface area contributed by atoms with Crippen molar-refractivity contribution in [3.8, 4) is 0 Å². The molecule has 3 heteroatoms. The van der Waals surface area contributed by atoms with Crippen LogP contribution in [-0.2, 0) is 4.79 Å². The summed E-state index contributed by atoms with van der Waals surface area (Å²) >= 11 is 3.55. The van der Waals surface area contributed by atoms with Gasteiger partial charge in [-0.2, -0.15) is 0 Å². The monoisotopic (exact) mass is 286 g/mol. The standard InChI is InChI=1S/C13H19BrO2/c14-2-1-12-4-9-3-10(5-12)7-13(6-9,8-12)11(15)16/h9-10H,1-8H2,(H,15,16)/t9-,10-,12?,13?/m1/s1. The fraction of sp³-hybridized carbons (Fsp3) is 0.923. The van der Waals surface area contributed by atoms with Crippen LogP contribution in [0.3, 0.4) is 0 Å². The van der Waals surface area contributed by atoms with E-state index in [9.17, 15) is 9.90 Å². The normalized spacial score (nSPS) is 49.6. The fourth-order valence-electron chi connectivity index (χ4n) is 5.20. The van der Waals surface area contributed by atoms with Gasteiger partial charge in [-0.25, -0.2) is 0 Å². The first-order chi connectivity index (χ1) is 7.57. The molecule has 2 nitrogen and oxygen atoms in total. The summed E-state index contributed by atoms with van der Waals surface area (Å²) in [7, 11) is 0. The van der Waals surface area contributed by atoms with E-state index >= 15 is 0 Å². The van der Waals surface area contributed by atoms with Crippen molar-refractivity contribution in [1.29, 1.82) is 0 Å². The van der Waals surface area contributed by atoms with Gasteiger partial charge in [-0.3, -0.25) is 4.79 Å². The maximum Gasteiger partial charge on any atom is 0.309 e. The Morgan fingerprint density at radius 3 is 2.38 bits per heavy atom. The zero-order valence-electron chi connectivity index (χ0n) is 9.54. The first-order valence-electron chi connectivity index (χ1n) is 6.37. The predicted octanol–water partition coefficient (Wildman–Crippen LogP) is 3.44. The molecule has 1 N–H and O–H groups in total. The van der Waals surface area contributed by atoms with E-state index in [0.29, 0.717) is 17.3 Å². The first kappa shape index (κ1) is 11.1. The third-order valence-electron chi connectivity index (χ3n) is 5.26. The van der Waals surface area contributed by atoms with Crippen molar-refractivity contribution in [2.24, 2.45) is 22.7 Å². The lowest BCUT2D eigenvalue weighted by molar-refractivity contribution is -0.174. The van der Waals surface area contributed by atoms with E-state index in [0.717, 1.165) is 24.6 Å². The number of carboxylic acids is 1. The molecule has 4 aliphatic rings. The molecule has 16 heavy (non-hydrogen) atoms. The number of alkyl halides is 1. The van der Waals surface area contributed by atoms with Gasteiger partial charge in [0.2, 0.25) is 0 Å². The highest BCUT2D eigenvalue weighted by Gasteiger charge is 2.60. The molecule has 4 saturated carbocycles. The van der Waals surface area contributed by atoms with Gasteiger partial charge in [-0.1, -0.05) is 15.9 Å². The van der Waals surface area contributed by atoms with Crippen molar-refractivity contribution in [1.82, 2.24) is 0 Å². The molecular weight excluding hydrogens is 268 g/mol. The van der Waals surface area contributed by atoms with Crippen LogP contribution in [0.4, 0.5) is 0 Å². The Balaban J connectivity index is 1.93. The number of hydrogen-bond acceptors (Lipinski definition) is 1. The molecule has 0 spiro atoms. The minimum atomic E-state index is -0.513. The van der Waals surface area contributed by atoms with E-state index in [-0.39, 0.29) is 5.41 Å². The summed E-state index contributed by atoms with van der Waals surface area (Å²) in [6.07, 6.45) is 7.95. The predicted molar refractivity (Wildman–Crippen MR) is 65.6 cm³/mol. The van der Waals surface area contributed by atoms with Crippen LogP contribution in [0.2, 0.25) is 0 Å². The number of carbonyl (C=O) groups is 1. The van der Waals surface area contributed by atoms with Crippen LogP contribution in [-0.4, -0.2) is 16.4 Å². The van der Waals surface area contributed by atoms with Crippen LogP contribution in [0.5, 0.6) is 0 Å². The largest absolute Gasteiger partial charge is 0.481 e. The summed E-state index contributed by atoms with van der Waals surface area (Å²) in [5.74, 6) is 0.897. The zero-order valence-corrected chi connectivity index (χ0v) is 11.1. The third kappa shape index (κ3) is 1.47. The number of hydrogen-bond donors (Lipinski definition) is 1. The lowest BCUT2D eigenvalue weighted by atomic mass is 9.43. The minimum absolute atomic E-state index is 0.341. The number of rotatable bonds is 3. The SMILES string of the molecule is O=C(O)C12C[C@@H]3C[C@H](CC(CCBr)(C3)C1)C2. The van der Waals surface area contributed by atoms with Gasteiger partial charge < -0.3 is 5.11 Å². The van der Waals surface area contributed by atoms with E-state index in [1.165, 1.54) is 25.7 Å². The second-order valence-electron chi connectivity index (χ2n) is 6.49. The molecule has 4 aliphatic carbocycles. The van der Waals surface area contributed by atoms with E-state index in [1.54, 1.807) is 0 Å². The molecule has 0 amide bonds. The van der Waals surface area contributed by atoms with Crippen molar-refractivity contribution in [2.75, 3.05) is 5.33 Å². The maximum atomic E-state index is 11.6. The number of halogens is 1. The Labute approximate surface area is 105 Å². The van der Waals surface area contributed by atoms with Crippen LogP contribution < -0.4 is 0 Å². The van der Waals surface area contributed by atoms with Crippen molar-refractivity contribution in [3.05, 3.63) is 0 Å². The summed E-state index contributed by atoms with van der Waals surface area (Å²) in [4.78, 5) is 11.6. The lowest BCUT2D eigenvalue weighted by Crippen LogP contribution is -2.55. The summed E-state index contributed by atoms with van der Waals surface area (Å²) in [5.41, 5.74) is 0.0260. The number of carboxylic acid groups (broad SMARTS) is 1. The van der Waals surface area contributed by atoms with Gasteiger partial charge in [0.25, 0.3) is 0 Å². The van der Waals surface area contributed by atoms with E-state index in [1.807, 2.05) is 0 Å². The Hall–Kier alpha value is -0.0500. The molecule has 90 valence electrons. The maximum absolute atomic E-state index is 11.6. The Bertz CT molecular complexity index is 312. The number of aliphatic carboxylic acids is 1. The Morgan fingerprint density at radius 1 is 1.25 bits per heavy atom. The summed E-state index contributed by atoms with van der Waals surface area (Å²) in [5, 5.41) is 10.6. The van der Waals surface area contributed by atoms with Crippen molar-refractivity contribution in [2.45, 2.75) is 44.9 Å². The molecule has 0 saturated heterocycles. The van der Waals surface area contributed by atoms with Crippen LogP contribution in [0, 0.1) is 22.7 Å². The molecule has 0 heterocycles. The Kier molecular flexibility index (Phi) is 2.40. The topological polar surface area (TPSA) is 37.3 Å². The van der Waals surface area contributed by atoms with Gasteiger partial charge in [0, 0.05) is 5.33 Å². The second-order valence-corrected chi connectivity index (χ2v) is 7.28. The van der Waals surface area contributed by atoms with Gasteiger partial charge in [-0.15, -0.1) is 0 Å². The van der Waals surface area contributed by atoms with Crippen LogP contribution in [0.25, 0.3) is 0 Å². The highest BCUT2D eigenvalue weighted by molar-refractivity contribution is 9.09. The molecule has 0 aromatic rings. The molecule has 4 fully saturated rings. The van der Waals surface area contributed by atoms with Gasteiger partial charge in [0.15, 0.2) is 0 Å². The lowest BCUT2D eigenvalue weighted by Gasteiger charge is -2.60. The molecule has 0 aromatic heterocycles. The second kappa shape index (κ2) is 3.47. The van der Waals surface area contributed by atoms with E-state index < -0.39 is 5.97 Å². The first-order valence-corrected chi connectivity index (χ1v) is 7.49. The van der Waals surface area contributed by atoms with Crippen molar-refractivity contribution in [3.63, 3.8) is 0 Å². The van der Waals surface area contributed by atoms with Crippen molar-refractivity contribution >= 4 is 21.9 Å². The molecule has 0 unspecified atom stereocenters. The molecule has 0 aliphatic heterocycles.